The molecule has 1 aliphatic rings. The van der Waals surface area contributed by atoms with Crippen LogP contribution in [0.4, 0.5) is 8.78 Å². The van der Waals surface area contributed by atoms with Gasteiger partial charge in [0.05, 0.1) is 11.1 Å². The molecular formula is C21H20F2N4O3S2. The van der Waals surface area contributed by atoms with Crippen molar-refractivity contribution in [1.82, 2.24) is 18.8 Å². The van der Waals surface area contributed by atoms with Crippen molar-refractivity contribution in [2.24, 2.45) is 0 Å². The van der Waals surface area contributed by atoms with E-state index in [-0.39, 0.29) is 42.8 Å². The van der Waals surface area contributed by atoms with Crippen LogP contribution in [0.3, 0.4) is 0 Å². The standard InChI is InChI=1S/C21H20F2N4O3S2/c1-31-21-24-14-19(27(21)17-7-5-15(22)6-8-17)20(28)25-9-11-26(12-10-25)32(29,30)18-4-2-3-16(23)13-18/h2-8,13-14H,9-12H2,1H3. The normalized spacial score (nSPS) is 15.2. The summed E-state index contributed by atoms with van der Waals surface area (Å²) >= 11 is 1.35. The summed E-state index contributed by atoms with van der Waals surface area (Å²) in [6.45, 7) is 0.530. The summed E-state index contributed by atoms with van der Waals surface area (Å²) in [4.78, 5) is 19.0. The molecule has 2 heterocycles. The van der Waals surface area contributed by atoms with Crippen LogP contribution in [0.2, 0.25) is 0 Å². The third-order valence-electron chi connectivity index (χ3n) is 5.18. The molecule has 1 saturated heterocycles. The van der Waals surface area contributed by atoms with Gasteiger partial charge in [-0.05, 0) is 48.7 Å². The smallest absolute Gasteiger partial charge is 0.272 e. The molecule has 7 nitrogen and oxygen atoms in total. The second-order valence-electron chi connectivity index (χ2n) is 7.10. The number of aromatic nitrogens is 2. The molecule has 2 aromatic carbocycles. The lowest BCUT2D eigenvalue weighted by molar-refractivity contribution is 0.0689. The minimum absolute atomic E-state index is 0.0880. The summed E-state index contributed by atoms with van der Waals surface area (Å²) in [7, 11) is -3.85. The number of nitrogens with zero attached hydrogens (tertiary/aromatic N) is 4. The highest BCUT2D eigenvalue weighted by Gasteiger charge is 2.32. The van der Waals surface area contributed by atoms with Crippen molar-refractivity contribution in [2.75, 3.05) is 32.4 Å². The molecule has 4 rings (SSSR count). The maximum atomic E-state index is 13.5. The lowest BCUT2D eigenvalue weighted by Crippen LogP contribution is -2.50. The topological polar surface area (TPSA) is 75.5 Å². The number of hydrogen-bond acceptors (Lipinski definition) is 5. The van der Waals surface area contributed by atoms with Gasteiger partial charge >= 0.3 is 0 Å². The van der Waals surface area contributed by atoms with Crippen LogP contribution >= 0.6 is 11.8 Å². The van der Waals surface area contributed by atoms with E-state index in [0.717, 1.165) is 6.07 Å². The fourth-order valence-corrected chi connectivity index (χ4v) is 5.54. The molecule has 1 fully saturated rings. The highest BCUT2D eigenvalue weighted by molar-refractivity contribution is 7.98. The van der Waals surface area contributed by atoms with E-state index < -0.39 is 15.8 Å². The van der Waals surface area contributed by atoms with Gasteiger partial charge in [0.15, 0.2) is 5.16 Å². The van der Waals surface area contributed by atoms with Crippen LogP contribution in [0, 0.1) is 11.6 Å². The average molecular weight is 479 g/mol. The summed E-state index contributed by atoms with van der Waals surface area (Å²) in [5, 5.41) is 0.576. The Morgan fingerprint density at radius 1 is 1.00 bits per heavy atom. The Bertz CT molecular complexity index is 1240. The molecule has 0 unspecified atom stereocenters. The summed E-state index contributed by atoms with van der Waals surface area (Å²) in [6, 6.07) is 10.6. The average Bonchev–Trinajstić information content (AvgIpc) is 3.23. The number of imidazole rings is 1. The first-order valence-electron chi connectivity index (χ1n) is 9.74. The predicted molar refractivity (Wildman–Crippen MR) is 116 cm³/mol. The first-order valence-corrected chi connectivity index (χ1v) is 12.4. The van der Waals surface area contributed by atoms with E-state index in [1.165, 1.54) is 52.6 Å². The summed E-state index contributed by atoms with van der Waals surface area (Å²) in [5.41, 5.74) is 0.909. The van der Waals surface area contributed by atoms with Gasteiger partial charge in [-0.2, -0.15) is 4.31 Å². The molecule has 0 aliphatic carbocycles. The molecule has 11 heteroatoms. The van der Waals surface area contributed by atoms with E-state index in [0.29, 0.717) is 16.5 Å². The molecular weight excluding hydrogens is 458 g/mol. The number of piperazine rings is 1. The zero-order valence-electron chi connectivity index (χ0n) is 17.1. The number of carbonyl (C=O) groups excluding carboxylic acids is 1. The highest BCUT2D eigenvalue weighted by Crippen LogP contribution is 2.24. The van der Waals surface area contributed by atoms with Gasteiger partial charge in [0, 0.05) is 31.9 Å². The van der Waals surface area contributed by atoms with Gasteiger partial charge in [-0.3, -0.25) is 9.36 Å². The van der Waals surface area contributed by atoms with E-state index in [1.807, 2.05) is 6.26 Å². The summed E-state index contributed by atoms with van der Waals surface area (Å²) in [6.07, 6.45) is 3.29. The molecule has 0 N–H and O–H groups in total. The van der Waals surface area contributed by atoms with E-state index >= 15 is 0 Å². The molecule has 3 aromatic rings. The van der Waals surface area contributed by atoms with Gasteiger partial charge in [0.25, 0.3) is 5.91 Å². The summed E-state index contributed by atoms with van der Waals surface area (Å²) in [5.74, 6) is -1.31. The Hall–Kier alpha value is -2.76. The Balaban J connectivity index is 1.53. The maximum absolute atomic E-state index is 13.5. The van der Waals surface area contributed by atoms with Crippen molar-refractivity contribution in [3.05, 3.63) is 72.1 Å². The van der Waals surface area contributed by atoms with Gasteiger partial charge in [-0.15, -0.1) is 0 Å². The van der Waals surface area contributed by atoms with Crippen LogP contribution in [0.25, 0.3) is 5.69 Å². The molecule has 0 bridgehead atoms. The molecule has 1 aromatic heterocycles. The quantitative estimate of drug-likeness (QED) is 0.527. The van der Waals surface area contributed by atoms with Crippen LogP contribution in [0.15, 0.2) is 64.8 Å². The fourth-order valence-electron chi connectivity index (χ4n) is 3.54. The van der Waals surface area contributed by atoms with Gasteiger partial charge in [0.1, 0.15) is 17.3 Å². The number of thioether (sulfide) groups is 1. The van der Waals surface area contributed by atoms with Gasteiger partial charge < -0.3 is 4.90 Å². The Labute approximate surface area is 188 Å². The van der Waals surface area contributed by atoms with Gasteiger partial charge in [-0.1, -0.05) is 17.8 Å². The van der Waals surface area contributed by atoms with Crippen molar-refractivity contribution < 1.29 is 22.0 Å². The van der Waals surface area contributed by atoms with Crippen LogP contribution in [-0.4, -0.2) is 65.5 Å². The Morgan fingerprint density at radius 3 is 2.31 bits per heavy atom. The first kappa shape index (κ1) is 22.4. The van der Waals surface area contributed by atoms with E-state index in [1.54, 1.807) is 21.6 Å². The number of hydrogen-bond donors (Lipinski definition) is 0. The number of sulfonamides is 1. The molecule has 0 saturated carbocycles. The molecule has 1 amide bonds. The van der Waals surface area contributed by atoms with Gasteiger partial charge in [0.2, 0.25) is 10.0 Å². The van der Waals surface area contributed by atoms with E-state index in [4.69, 9.17) is 0 Å². The van der Waals surface area contributed by atoms with Crippen molar-refractivity contribution in [3.63, 3.8) is 0 Å². The molecule has 0 spiro atoms. The minimum atomic E-state index is -3.85. The number of amides is 1. The zero-order valence-corrected chi connectivity index (χ0v) is 18.7. The molecule has 1 aliphatic heterocycles. The fraction of sp³-hybridized carbons (Fsp3) is 0.238. The third kappa shape index (κ3) is 4.27. The van der Waals surface area contributed by atoms with Crippen LogP contribution < -0.4 is 0 Å². The Kier molecular flexibility index (Phi) is 6.31. The molecule has 32 heavy (non-hydrogen) atoms. The van der Waals surface area contributed by atoms with E-state index in [2.05, 4.69) is 4.98 Å². The minimum Gasteiger partial charge on any atom is -0.335 e. The largest absolute Gasteiger partial charge is 0.335 e. The molecule has 0 atom stereocenters. The number of benzene rings is 2. The SMILES string of the molecule is CSc1ncc(C(=O)N2CCN(S(=O)(=O)c3cccc(F)c3)CC2)n1-c1ccc(F)cc1. The first-order chi connectivity index (χ1) is 15.3. The third-order valence-corrected chi connectivity index (χ3v) is 7.72. The number of carbonyl (C=O) groups is 1. The predicted octanol–water partition coefficient (Wildman–Crippen LogP) is 3.02. The highest BCUT2D eigenvalue weighted by atomic mass is 32.2. The second-order valence-corrected chi connectivity index (χ2v) is 9.81. The van der Waals surface area contributed by atoms with Crippen LogP contribution in [-0.2, 0) is 10.0 Å². The van der Waals surface area contributed by atoms with Crippen LogP contribution in [0.5, 0.6) is 0 Å². The maximum Gasteiger partial charge on any atom is 0.272 e. The van der Waals surface area contributed by atoms with Gasteiger partial charge in [-0.25, -0.2) is 22.2 Å². The second kappa shape index (κ2) is 9.00. The molecule has 0 radical (unpaired) electrons. The van der Waals surface area contributed by atoms with E-state index in [9.17, 15) is 22.0 Å². The number of halogens is 2. The summed E-state index contributed by atoms with van der Waals surface area (Å²) < 4.78 is 55.4. The van der Waals surface area contributed by atoms with Crippen LogP contribution in [0.1, 0.15) is 10.5 Å². The van der Waals surface area contributed by atoms with Crippen molar-refractivity contribution in [1.29, 1.82) is 0 Å². The lowest BCUT2D eigenvalue weighted by Gasteiger charge is -2.34. The lowest BCUT2D eigenvalue weighted by atomic mass is 10.2. The monoisotopic (exact) mass is 478 g/mol. The zero-order chi connectivity index (χ0) is 22.9. The molecule has 168 valence electrons. The van der Waals surface area contributed by atoms with Crippen molar-refractivity contribution in [3.8, 4) is 5.69 Å². The van der Waals surface area contributed by atoms with Crippen molar-refractivity contribution in [2.45, 2.75) is 10.1 Å². The Morgan fingerprint density at radius 2 is 1.69 bits per heavy atom. The number of rotatable bonds is 5. The van der Waals surface area contributed by atoms with Crippen molar-refractivity contribution >= 4 is 27.7 Å².